The van der Waals surface area contributed by atoms with Crippen molar-refractivity contribution in [1.29, 1.82) is 0 Å². The van der Waals surface area contributed by atoms with Gasteiger partial charge in [0.25, 0.3) is 0 Å². The van der Waals surface area contributed by atoms with Gasteiger partial charge in [0.2, 0.25) is 0 Å². The van der Waals surface area contributed by atoms with Crippen molar-refractivity contribution in [2.45, 2.75) is 13.3 Å². The molecule has 0 bridgehead atoms. The van der Waals surface area contributed by atoms with Crippen LogP contribution in [0.25, 0.3) is 0 Å². The third-order valence-corrected chi connectivity index (χ3v) is 0.167. The molecule has 0 N–H and O–H groups in total. The molecule has 0 spiro atoms. The van der Waals surface area contributed by atoms with Crippen molar-refractivity contribution in [3.05, 3.63) is 0 Å². The van der Waals surface area contributed by atoms with Crippen LogP contribution in [0.4, 0.5) is 0 Å². The summed E-state index contributed by atoms with van der Waals surface area (Å²) in [4.78, 5) is 9.17. The minimum Gasteiger partial charge on any atom is -0.303 e. The van der Waals surface area contributed by atoms with E-state index in [0.717, 1.165) is 6.29 Å². The highest BCUT2D eigenvalue weighted by Gasteiger charge is 1.52. The van der Waals surface area contributed by atoms with Crippen molar-refractivity contribution in [1.82, 2.24) is 0 Å². The topological polar surface area (TPSA) is 17.1 Å². The maximum absolute atomic E-state index is 9.17. The van der Waals surface area contributed by atoms with Gasteiger partial charge in [-0.1, -0.05) is 6.92 Å². The molecule has 0 aromatic carbocycles. The molecule has 0 aliphatic carbocycles. The minimum atomic E-state index is 0.639. The van der Waals surface area contributed by atoms with Crippen LogP contribution in [0.5, 0.6) is 0 Å². The van der Waals surface area contributed by atoms with Crippen molar-refractivity contribution >= 4 is 18.0 Å². The Labute approximate surface area is 49.5 Å². The Kier molecular flexibility index (Phi) is 24.0. The van der Waals surface area contributed by atoms with Gasteiger partial charge in [-0.3, -0.25) is 0 Å². The lowest BCUT2D eigenvalue weighted by molar-refractivity contribution is -0.107. The summed E-state index contributed by atoms with van der Waals surface area (Å²) in [5, 5.41) is 0. The van der Waals surface area contributed by atoms with E-state index in [-0.39, 0.29) is 0 Å². The van der Waals surface area contributed by atoms with Crippen molar-refractivity contribution in [2.75, 3.05) is 12.5 Å². The van der Waals surface area contributed by atoms with Gasteiger partial charge in [0, 0.05) is 6.42 Å². The molecule has 0 radical (unpaired) electrons. The van der Waals surface area contributed by atoms with E-state index in [2.05, 4.69) is 0 Å². The van der Waals surface area contributed by atoms with Crippen molar-refractivity contribution in [3.8, 4) is 0 Å². The number of hydrogen-bond acceptors (Lipinski definition) is 2. The summed E-state index contributed by atoms with van der Waals surface area (Å²) >= 11 is 1.75. The molecular weight excluding hydrogens is 108 g/mol. The first-order valence-corrected chi connectivity index (χ1v) is 3.80. The Morgan fingerprint density at radius 3 is 1.71 bits per heavy atom. The van der Waals surface area contributed by atoms with E-state index in [1.807, 2.05) is 19.4 Å². The molecule has 2 heteroatoms. The molecule has 0 saturated heterocycles. The molecule has 0 aromatic heterocycles. The average Bonchev–Trinajstić information content (AvgIpc) is 1.69. The molecule has 0 aliphatic heterocycles. The molecular formula is C5H12OS. The molecule has 0 heterocycles. The van der Waals surface area contributed by atoms with E-state index in [1.54, 1.807) is 11.8 Å². The Morgan fingerprint density at radius 2 is 1.71 bits per heavy atom. The van der Waals surface area contributed by atoms with E-state index in [0.29, 0.717) is 6.42 Å². The Bertz CT molecular complexity index is 29.3. The summed E-state index contributed by atoms with van der Waals surface area (Å²) in [5.41, 5.74) is 0. The predicted octanol–water partition coefficient (Wildman–Crippen LogP) is 1.57. The van der Waals surface area contributed by atoms with Gasteiger partial charge in [-0.25, -0.2) is 0 Å². The maximum Gasteiger partial charge on any atom is 0.119 e. The lowest BCUT2D eigenvalue weighted by Gasteiger charge is -1.51. The van der Waals surface area contributed by atoms with E-state index < -0.39 is 0 Å². The zero-order valence-corrected chi connectivity index (χ0v) is 5.92. The lowest BCUT2D eigenvalue weighted by Crippen LogP contribution is -1.55. The molecule has 0 fully saturated rings. The zero-order chi connectivity index (χ0) is 6.12. The fourth-order valence-electron chi connectivity index (χ4n) is 0. The first-order chi connectivity index (χ1) is 3.33. The quantitative estimate of drug-likeness (QED) is 0.489. The summed E-state index contributed by atoms with van der Waals surface area (Å²) in [5.74, 6) is 0. The van der Waals surface area contributed by atoms with Crippen LogP contribution in [-0.4, -0.2) is 18.8 Å². The van der Waals surface area contributed by atoms with Crippen LogP contribution in [0, 0.1) is 0 Å². The average molecular weight is 120 g/mol. The van der Waals surface area contributed by atoms with Gasteiger partial charge in [-0.2, -0.15) is 11.8 Å². The summed E-state index contributed by atoms with van der Waals surface area (Å²) in [6, 6.07) is 0. The number of thioether (sulfide) groups is 1. The van der Waals surface area contributed by atoms with Gasteiger partial charge in [0.1, 0.15) is 6.29 Å². The zero-order valence-electron chi connectivity index (χ0n) is 5.10. The molecule has 0 aliphatic rings. The van der Waals surface area contributed by atoms with Gasteiger partial charge in [0.05, 0.1) is 0 Å². The molecule has 0 saturated carbocycles. The normalized spacial score (nSPS) is 6.14. The standard InChI is InChI=1S/C3H6O.C2H6S/c1-2-3-4;1-3-2/h3H,2H2,1H3;1-2H3. The number of carbonyl (C=O) groups excluding carboxylic acids is 1. The molecule has 0 amide bonds. The largest absolute Gasteiger partial charge is 0.303 e. The van der Waals surface area contributed by atoms with Crippen LogP contribution in [0.1, 0.15) is 13.3 Å². The van der Waals surface area contributed by atoms with E-state index in [1.165, 1.54) is 0 Å². The molecule has 0 aromatic rings. The highest BCUT2D eigenvalue weighted by atomic mass is 32.2. The predicted molar refractivity (Wildman–Crippen MR) is 35.8 cm³/mol. The highest BCUT2D eigenvalue weighted by molar-refractivity contribution is 7.97. The monoisotopic (exact) mass is 120 g/mol. The lowest BCUT2D eigenvalue weighted by atomic mass is 10.6. The summed E-state index contributed by atoms with van der Waals surface area (Å²) in [7, 11) is 0. The molecule has 0 rings (SSSR count). The summed E-state index contributed by atoms with van der Waals surface area (Å²) in [6.45, 7) is 1.81. The molecule has 0 atom stereocenters. The third-order valence-electron chi connectivity index (χ3n) is 0.167. The third kappa shape index (κ3) is 93.5. The van der Waals surface area contributed by atoms with Gasteiger partial charge in [-0.15, -0.1) is 0 Å². The number of carbonyl (C=O) groups is 1. The fraction of sp³-hybridized carbons (Fsp3) is 0.800. The highest BCUT2D eigenvalue weighted by Crippen LogP contribution is 1.70. The van der Waals surface area contributed by atoms with Crippen LogP contribution in [0.3, 0.4) is 0 Å². The van der Waals surface area contributed by atoms with Gasteiger partial charge < -0.3 is 4.79 Å². The summed E-state index contributed by atoms with van der Waals surface area (Å²) in [6.07, 6.45) is 5.60. The smallest absolute Gasteiger partial charge is 0.119 e. The van der Waals surface area contributed by atoms with Crippen molar-refractivity contribution in [2.24, 2.45) is 0 Å². The summed E-state index contributed by atoms with van der Waals surface area (Å²) < 4.78 is 0. The second-order valence-corrected chi connectivity index (χ2v) is 1.80. The van der Waals surface area contributed by atoms with E-state index in [4.69, 9.17) is 0 Å². The van der Waals surface area contributed by atoms with Crippen molar-refractivity contribution < 1.29 is 4.79 Å². The van der Waals surface area contributed by atoms with E-state index in [9.17, 15) is 4.79 Å². The number of rotatable bonds is 1. The minimum absolute atomic E-state index is 0.639. The Morgan fingerprint density at radius 1 is 1.57 bits per heavy atom. The molecule has 44 valence electrons. The number of aldehydes is 1. The van der Waals surface area contributed by atoms with Crippen LogP contribution >= 0.6 is 11.8 Å². The maximum atomic E-state index is 9.17. The Balaban J connectivity index is 0. The van der Waals surface area contributed by atoms with E-state index >= 15 is 0 Å². The van der Waals surface area contributed by atoms with Gasteiger partial charge in [0.15, 0.2) is 0 Å². The second kappa shape index (κ2) is 16.6. The van der Waals surface area contributed by atoms with Crippen molar-refractivity contribution in [3.63, 3.8) is 0 Å². The van der Waals surface area contributed by atoms with Crippen LogP contribution in [0.15, 0.2) is 0 Å². The first kappa shape index (κ1) is 10.1. The SMILES string of the molecule is CCC=O.CSC. The Hall–Kier alpha value is 0.0200. The van der Waals surface area contributed by atoms with Crippen LogP contribution < -0.4 is 0 Å². The van der Waals surface area contributed by atoms with Gasteiger partial charge in [-0.05, 0) is 12.5 Å². The van der Waals surface area contributed by atoms with Gasteiger partial charge >= 0.3 is 0 Å². The van der Waals surface area contributed by atoms with Crippen LogP contribution in [0.2, 0.25) is 0 Å². The van der Waals surface area contributed by atoms with Crippen LogP contribution in [-0.2, 0) is 4.79 Å². The number of hydrogen-bond donors (Lipinski definition) is 0. The second-order valence-electron chi connectivity index (χ2n) is 0.983. The molecule has 1 nitrogen and oxygen atoms in total. The molecule has 7 heavy (non-hydrogen) atoms. The first-order valence-electron chi connectivity index (χ1n) is 2.17. The molecule has 0 unspecified atom stereocenters. The fourth-order valence-corrected chi connectivity index (χ4v) is 0.